The van der Waals surface area contributed by atoms with Crippen LogP contribution in [0.1, 0.15) is 39.2 Å². The fourth-order valence-corrected chi connectivity index (χ4v) is 1.78. The Labute approximate surface area is 90.1 Å². The molecule has 0 aliphatic heterocycles. The smallest absolute Gasteiger partial charge is 0.157 e. The fraction of sp³-hybridized carbons (Fsp3) is 0.500. The molecule has 0 saturated heterocycles. The summed E-state index contributed by atoms with van der Waals surface area (Å²) in [5.74, 6) is 0. The topological polar surface area (TPSA) is 30.7 Å². The average molecular weight is 203 g/mol. The number of nitrogens with zero attached hydrogens (tertiary/aromatic N) is 3. The molecule has 1 saturated carbocycles. The normalized spacial score (nSPS) is 15.6. The number of hydrogen-bond donors (Lipinski definition) is 0. The highest BCUT2D eigenvalue weighted by molar-refractivity contribution is 5.74. The summed E-state index contributed by atoms with van der Waals surface area (Å²) in [6.07, 6.45) is 7.58. The molecule has 0 N–H and O–H groups in total. The first kappa shape index (κ1) is 10.1. The molecule has 0 radical (unpaired) electrons. The van der Waals surface area contributed by atoms with E-state index in [2.05, 4.69) is 20.8 Å². The Balaban J connectivity index is 0.000000404. The molecule has 2 aromatic heterocycles. The van der Waals surface area contributed by atoms with E-state index in [1.165, 1.54) is 19.3 Å². The highest BCUT2D eigenvalue weighted by Gasteiger charge is 2.21. The molecule has 0 atom stereocenters. The third-order valence-electron chi connectivity index (χ3n) is 2.78. The molecule has 1 fully saturated rings. The Kier molecular flexibility index (Phi) is 2.99. The predicted octanol–water partition coefficient (Wildman–Crippen LogP) is 3.18. The van der Waals surface area contributed by atoms with Crippen LogP contribution in [0, 0.1) is 0 Å². The highest BCUT2D eigenvalue weighted by atomic mass is 15.3. The maximum Gasteiger partial charge on any atom is 0.157 e. The van der Waals surface area contributed by atoms with Crippen molar-refractivity contribution in [2.45, 2.75) is 39.2 Å². The number of fused-ring (bicyclic) bond motifs is 1. The van der Waals surface area contributed by atoms with Crippen molar-refractivity contribution in [2.75, 3.05) is 0 Å². The van der Waals surface area contributed by atoms with Crippen molar-refractivity contribution in [3.8, 4) is 0 Å². The Bertz CT molecular complexity index is 429. The second kappa shape index (κ2) is 4.43. The van der Waals surface area contributed by atoms with E-state index < -0.39 is 0 Å². The van der Waals surface area contributed by atoms with Crippen LogP contribution in [-0.4, -0.2) is 14.8 Å². The molecule has 3 heteroatoms. The van der Waals surface area contributed by atoms with Gasteiger partial charge in [0.25, 0.3) is 0 Å². The van der Waals surface area contributed by atoms with Gasteiger partial charge in [-0.25, -0.2) is 9.67 Å². The lowest BCUT2D eigenvalue weighted by molar-refractivity contribution is 0.296. The summed E-state index contributed by atoms with van der Waals surface area (Å²) in [5.41, 5.74) is 1.03. The molecule has 2 heterocycles. The van der Waals surface area contributed by atoms with Gasteiger partial charge in [0.2, 0.25) is 0 Å². The van der Waals surface area contributed by atoms with Crippen molar-refractivity contribution in [3.05, 3.63) is 24.5 Å². The number of hydrogen-bond acceptors (Lipinski definition) is 2. The van der Waals surface area contributed by atoms with Crippen molar-refractivity contribution in [2.24, 2.45) is 0 Å². The minimum Gasteiger partial charge on any atom is -0.244 e. The molecule has 0 spiro atoms. The van der Waals surface area contributed by atoms with Crippen LogP contribution in [0.4, 0.5) is 0 Å². The maximum atomic E-state index is 4.37. The molecule has 3 rings (SSSR count). The van der Waals surface area contributed by atoms with E-state index in [0.717, 1.165) is 11.0 Å². The van der Waals surface area contributed by atoms with Gasteiger partial charge in [-0.1, -0.05) is 13.8 Å². The highest BCUT2D eigenvalue weighted by Crippen LogP contribution is 2.32. The predicted molar refractivity (Wildman–Crippen MR) is 61.8 cm³/mol. The molecule has 2 aromatic rings. The largest absolute Gasteiger partial charge is 0.244 e. The van der Waals surface area contributed by atoms with Crippen LogP contribution in [0.3, 0.4) is 0 Å². The molecular formula is C12H17N3. The summed E-state index contributed by atoms with van der Waals surface area (Å²) in [7, 11) is 0. The second-order valence-corrected chi connectivity index (χ2v) is 3.59. The molecule has 0 amide bonds. The van der Waals surface area contributed by atoms with Gasteiger partial charge < -0.3 is 0 Å². The van der Waals surface area contributed by atoms with Gasteiger partial charge in [0, 0.05) is 11.6 Å². The quantitative estimate of drug-likeness (QED) is 0.712. The van der Waals surface area contributed by atoms with E-state index in [9.17, 15) is 0 Å². The van der Waals surface area contributed by atoms with E-state index in [4.69, 9.17) is 0 Å². The third kappa shape index (κ3) is 1.74. The molecule has 0 unspecified atom stereocenters. The van der Waals surface area contributed by atoms with Crippen LogP contribution in [0.5, 0.6) is 0 Å². The Morgan fingerprint density at radius 3 is 2.80 bits per heavy atom. The average Bonchev–Trinajstić information content (AvgIpc) is 2.63. The molecule has 0 aromatic carbocycles. The Hall–Kier alpha value is -1.38. The molecule has 1 aliphatic rings. The molecular weight excluding hydrogens is 186 g/mol. The number of rotatable bonds is 1. The number of aromatic nitrogens is 3. The summed E-state index contributed by atoms with van der Waals surface area (Å²) >= 11 is 0. The molecule has 15 heavy (non-hydrogen) atoms. The first-order chi connectivity index (χ1) is 7.45. The van der Waals surface area contributed by atoms with Crippen molar-refractivity contribution in [1.29, 1.82) is 0 Å². The molecule has 3 nitrogen and oxygen atoms in total. The minimum atomic E-state index is 0.604. The zero-order chi connectivity index (χ0) is 10.7. The first-order valence-electron chi connectivity index (χ1n) is 5.73. The summed E-state index contributed by atoms with van der Waals surface area (Å²) < 4.78 is 2.07. The van der Waals surface area contributed by atoms with E-state index in [-0.39, 0.29) is 0 Å². The summed E-state index contributed by atoms with van der Waals surface area (Å²) in [4.78, 5) is 4.34. The van der Waals surface area contributed by atoms with Crippen LogP contribution >= 0.6 is 0 Å². The monoisotopic (exact) mass is 203 g/mol. The van der Waals surface area contributed by atoms with Crippen LogP contribution in [0.25, 0.3) is 11.0 Å². The van der Waals surface area contributed by atoms with Gasteiger partial charge in [0.1, 0.15) is 0 Å². The SMILES string of the molecule is CC.c1cnc2c(c1)cnn2C1CCC1. The van der Waals surface area contributed by atoms with Crippen molar-refractivity contribution in [3.63, 3.8) is 0 Å². The zero-order valence-corrected chi connectivity index (χ0v) is 9.35. The van der Waals surface area contributed by atoms with Gasteiger partial charge in [-0.2, -0.15) is 5.10 Å². The maximum absolute atomic E-state index is 4.37. The van der Waals surface area contributed by atoms with E-state index in [0.29, 0.717) is 6.04 Å². The zero-order valence-electron chi connectivity index (χ0n) is 9.35. The van der Waals surface area contributed by atoms with E-state index >= 15 is 0 Å². The van der Waals surface area contributed by atoms with Gasteiger partial charge >= 0.3 is 0 Å². The van der Waals surface area contributed by atoms with Gasteiger partial charge in [0.05, 0.1) is 12.2 Å². The van der Waals surface area contributed by atoms with E-state index in [1.54, 1.807) is 0 Å². The third-order valence-corrected chi connectivity index (χ3v) is 2.78. The van der Waals surface area contributed by atoms with Gasteiger partial charge in [-0.05, 0) is 31.4 Å². The van der Waals surface area contributed by atoms with Crippen LogP contribution in [0.2, 0.25) is 0 Å². The van der Waals surface area contributed by atoms with Crippen molar-refractivity contribution < 1.29 is 0 Å². The summed E-state index contributed by atoms with van der Waals surface area (Å²) in [6.45, 7) is 4.00. The molecule has 1 aliphatic carbocycles. The van der Waals surface area contributed by atoms with Gasteiger partial charge in [-0.3, -0.25) is 0 Å². The summed E-state index contributed by atoms with van der Waals surface area (Å²) in [5, 5.41) is 5.52. The lowest BCUT2D eigenvalue weighted by Crippen LogP contribution is -2.18. The number of pyridine rings is 1. The minimum absolute atomic E-state index is 0.604. The second-order valence-electron chi connectivity index (χ2n) is 3.59. The lowest BCUT2D eigenvalue weighted by atomic mass is 9.93. The fourth-order valence-electron chi connectivity index (χ4n) is 1.78. The Morgan fingerprint density at radius 2 is 2.13 bits per heavy atom. The van der Waals surface area contributed by atoms with Crippen LogP contribution < -0.4 is 0 Å². The van der Waals surface area contributed by atoms with Crippen molar-refractivity contribution >= 4 is 11.0 Å². The molecule has 80 valence electrons. The van der Waals surface area contributed by atoms with Crippen LogP contribution in [0.15, 0.2) is 24.5 Å². The lowest BCUT2D eigenvalue weighted by Gasteiger charge is -2.25. The van der Waals surface area contributed by atoms with Gasteiger partial charge in [-0.15, -0.1) is 0 Å². The van der Waals surface area contributed by atoms with Crippen LogP contribution in [-0.2, 0) is 0 Å². The first-order valence-corrected chi connectivity index (χ1v) is 5.73. The van der Waals surface area contributed by atoms with Crippen molar-refractivity contribution in [1.82, 2.24) is 14.8 Å². The Morgan fingerprint density at radius 1 is 1.33 bits per heavy atom. The molecule has 0 bridgehead atoms. The summed E-state index contributed by atoms with van der Waals surface area (Å²) in [6, 6.07) is 4.62. The van der Waals surface area contributed by atoms with Gasteiger partial charge in [0.15, 0.2) is 5.65 Å². The van der Waals surface area contributed by atoms with E-state index in [1.807, 2.05) is 32.3 Å². The standard InChI is InChI=1S/C10H11N3.C2H6/c1-4-9(5-1)13-10-8(7-12-13)3-2-6-11-10;1-2/h2-3,6-7,9H,1,4-5H2;1-2H3.